The Bertz CT molecular complexity index is 884. The van der Waals surface area contributed by atoms with E-state index in [-0.39, 0.29) is 11.6 Å². The summed E-state index contributed by atoms with van der Waals surface area (Å²) in [5.74, 6) is -0.307. The van der Waals surface area contributed by atoms with E-state index in [4.69, 9.17) is 39.5 Å². The lowest BCUT2D eigenvalue weighted by Crippen LogP contribution is -2.01. The molecular weight excluding hydrogens is 369 g/mol. The Kier molecular flexibility index (Phi) is 5.05. The maximum atomic E-state index is 11.9. The minimum Gasteiger partial charge on any atom is -0.403 e. The molecule has 0 aromatic heterocycles. The van der Waals surface area contributed by atoms with Crippen molar-refractivity contribution < 1.29 is 9.53 Å². The van der Waals surface area contributed by atoms with Crippen LogP contribution < -0.4 is 0 Å². The summed E-state index contributed by atoms with van der Waals surface area (Å²) in [5.41, 5.74) is 1.77. The van der Waals surface area contributed by atoms with Gasteiger partial charge in [-0.1, -0.05) is 53.0 Å². The van der Waals surface area contributed by atoms with Crippen molar-refractivity contribution in [1.82, 2.24) is 0 Å². The van der Waals surface area contributed by atoms with Crippen LogP contribution in [0.3, 0.4) is 0 Å². The maximum absolute atomic E-state index is 11.9. The van der Waals surface area contributed by atoms with Crippen LogP contribution in [0.1, 0.15) is 11.1 Å². The average molecular weight is 379 g/mol. The van der Waals surface area contributed by atoms with E-state index in [1.165, 1.54) is 0 Å². The van der Waals surface area contributed by atoms with Crippen LogP contribution in [0.15, 0.2) is 59.2 Å². The summed E-state index contributed by atoms with van der Waals surface area (Å²) < 4.78 is 5.12. The molecule has 24 heavy (non-hydrogen) atoms. The van der Waals surface area contributed by atoms with E-state index in [2.05, 4.69) is 4.99 Å². The van der Waals surface area contributed by atoms with Gasteiger partial charge in [0, 0.05) is 21.1 Å². The van der Waals surface area contributed by atoms with Crippen LogP contribution in [0.5, 0.6) is 0 Å². The van der Waals surface area contributed by atoms with Gasteiger partial charge in [0.15, 0.2) is 5.70 Å². The van der Waals surface area contributed by atoms with E-state index in [1.807, 2.05) is 0 Å². The van der Waals surface area contributed by atoms with Crippen molar-refractivity contribution in [2.45, 2.75) is 0 Å². The summed E-state index contributed by atoms with van der Waals surface area (Å²) in [6, 6.07) is 12.2. The number of hydrogen-bond acceptors (Lipinski definition) is 3. The van der Waals surface area contributed by atoms with Gasteiger partial charge in [0.2, 0.25) is 5.90 Å². The fourth-order valence-corrected chi connectivity index (χ4v) is 2.61. The third kappa shape index (κ3) is 4.06. The summed E-state index contributed by atoms with van der Waals surface area (Å²) in [6.07, 6.45) is 4.92. The number of carbonyl (C=O) groups is 1. The van der Waals surface area contributed by atoms with E-state index < -0.39 is 5.97 Å². The fraction of sp³-hybridized carbons (Fsp3) is 0. The number of aliphatic imine (C=N–C) groups is 1. The maximum Gasteiger partial charge on any atom is 0.363 e. The lowest BCUT2D eigenvalue weighted by Gasteiger charge is -1.98. The highest BCUT2D eigenvalue weighted by Crippen LogP contribution is 2.23. The van der Waals surface area contributed by atoms with Crippen molar-refractivity contribution in [3.05, 3.63) is 80.4 Å². The Balaban J connectivity index is 1.81. The highest BCUT2D eigenvalue weighted by molar-refractivity contribution is 6.35. The van der Waals surface area contributed by atoms with Crippen molar-refractivity contribution in [3.63, 3.8) is 0 Å². The van der Waals surface area contributed by atoms with Crippen LogP contribution in [0.25, 0.3) is 12.2 Å². The number of hydrogen-bond donors (Lipinski definition) is 0. The molecule has 0 atom stereocenters. The lowest BCUT2D eigenvalue weighted by molar-refractivity contribution is -0.129. The Morgan fingerprint density at radius 2 is 1.62 bits per heavy atom. The molecule has 0 aliphatic carbocycles. The van der Waals surface area contributed by atoms with Crippen molar-refractivity contribution in [2.75, 3.05) is 0 Å². The van der Waals surface area contributed by atoms with Crippen molar-refractivity contribution in [1.29, 1.82) is 0 Å². The highest BCUT2D eigenvalue weighted by atomic mass is 35.5. The van der Waals surface area contributed by atoms with Gasteiger partial charge in [-0.15, -0.1) is 0 Å². The predicted molar refractivity (Wildman–Crippen MR) is 98.5 cm³/mol. The number of ether oxygens (including phenoxy) is 1. The second-order valence-electron chi connectivity index (χ2n) is 4.92. The van der Waals surface area contributed by atoms with E-state index in [0.717, 1.165) is 11.1 Å². The summed E-state index contributed by atoms with van der Waals surface area (Å²) in [4.78, 5) is 16.0. The van der Waals surface area contributed by atoms with Gasteiger partial charge < -0.3 is 4.74 Å². The Morgan fingerprint density at radius 3 is 2.33 bits per heavy atom. The Hall–Kier alpha value is -2.07. The van der Waals surface area contributed by atoms with E-state index in [0.29, 0.717) is 15.1 Å². The highest BCUT2D eigenvalue weighted by Gasteiger charge is 2.21. The average Bonchev–Trinajstić information content (AvgIpc) is 2.89. The number of halogens is 3. The third-order valence-corrected chi connectivity index (χ3v) is 3.99. The van der Waals surface area contributed by atoms with Crippen LogP contribution >= 0.6 is 34.8 Å². The number of cyclic esters (lactones) is 1. The standard InChI is InChI=1S/C18H10Cl3NO2/c19-13-5-1-11(2-6-13)9-16-18(23)24-17(22-16)8-4-12-3-7-14(20)10-15(12)21/h1-10H. The zero-order valence-corrected chi connectivity index (χ0v) is 14.4. The largest absolute Gasteiger partial charge is 0.403 e. The molecule has 0 spiro atoms. The lowest BCUT2D eigenvalue weighted by atomic mass is 10.2. The molecule has 0 fully saturated rings. The second-order valence-corrected chi connectivity index (χ2v) is 6.20. The molecule has 1 heterocycles. The minimum absolute atomic E-state index is 0.200. The van der Waals surface area contributed by atoms with Crippen molar-refractivity contribution in [3.8, 4) is 0 Å². The summed E-state index contributed by atoms with van der Waals surface area (Å²) in [5, 5.41) is 1.67. The van der Waals surface area contributed by atoms with Crippen LogP contribution in [-0.2, 0) is 9.53 Å². The van der Waals surface area contributed by atoms with E-state index in [1.54, 1.807) is 60.7 Å². The van der Waals surface area contributed by atoms with Gasteiger partial charge in [-0.2, -0.15) is 0 Å². The van der Waals surface area contributed by atoms with Gasteiger partial charge in [0.05, 0.1) is 0 Å². The predicted octanol–water partition coefficient (Wildman–Crippen LogP) is 5.66. The van der Waals surface area contributed by atoms with Crippen molar-refractivity contribution in [2.24, 2.45) is 4.99 Å². The number of benzene rings is 2. The normalized spacial score (nSPS) is 15.9. The van der Waals surface area contributed by atoms with Crippen LogP contribution in [-0.4, -0.2) is 11.9 Å². The number of esters is 1. The van der Waals surface area contributed by atoms with Gasteiger partial charge in [-0.25, -0.2) is 9.79 Å². The molecule has 0 amide bonds. The molecule has 0 unspecified atom stereocenters. The molecular formula is C18H10Cl3NO2. The fourth-order valence-electron chi connectivity index (χ4n) is 2.01. The molecule has 0 bridgehead atoms. The Labute approximate surface area is 153 Å². The van der Waals surface area contributed by atoms with Crippen LogP contribution in [0.2, 0.25) is 15.1 Å². The molecule has 3 nitrogen and oxygen atoms in total. The zero-order valence-electron chi connectivity index (χ0n) is 12.2. The molecule has 6 heteroatoms. The Morgan fingerprint density at radius 1 is 0.917 bits per heavy atom. The molecule has 3 rings (SSSR count). The quantitative estimate of drug-likeness (QED) is 0.511. The smallest absolute Gasteiger partial charge is 0.363 e. The van der Waals surface area contributed by atoms with Gasteiger partial charge in [0.1, 0.15) is 0 Å². The van der Waals surface area contributed by atoms with E-state index in [9.17, 15) is 4.79 Å². The summed E-state index contributed by atoms with van der Waals surface area (Å²) in [6.45, 7) is 0. The van der Waals surface area contributed by atoms with Gasteiger partial charge in [-0.05, 0) is 47.5 Å². The van der Waals surface area contributed by atoms with Crippen LogP contribution in [0.4, 0.5) is 0 Å². The number of nitrogens with zero attached hydrogens (tertiary/aromatic N) is 1. The van der Waals surface area contributed by atoms with Gasteiger partial charge in [-0.3, -0.25) is 0 Å². The number of rotatable bonds is 3. The molecule has 0 N–H and O–H groups in total. The minimum atomic E-state index is -0.508. The molecule has 0 saturated heterocycles. The molecule has 0 radical (unpaired) electrons. The molecule has 1 aliphatic heterocycles. The molecule has 0 saturated carbocycles. The molecule has 120 valence electrons. The molecule has 2 aromatic rings. The first-order chi connectivity index (χ1) is 11.5. The zero-order chi connectivity index (χ0) is 17.1. The topological polar surface area (TPSA) is 38.7 Å². The van der Waals surface area contributed by atoms with Gasteiger partial charge in [0.25, 0.3) is 0 Å². The molecule has 2 aromatic carbocycles. The number of carbonyl (C=O) groups excluding carboxylic acids is 1. The van der Waals surface area contributed by atoms with E-state index >= 15 is 0 Å². The SMILES string of the molecule is O=C1OC(C=Cc2ccc(Cl)cc2Cl)=NC1=Cc1ccc(Cl)cc1. The van der Waals surface area contributed by atoms with Gasteiger partial charge >= 0.3 is 5.97 Å². The van der Waals surface area contributed by atoms with Crippen molar-refractivity contribution >= 4 is 58.8 Å². The third-order valence-electron chi connectivity index (χ3n) is 3.18. The summed E-state index contributed by atoms with van der Waals surface area (Å²) >= 11 is 17.8. The molecule has 1 aliphatic rings. The second kappa shape index (κ2) is 7.22. The first-order valence-corrected chi connectivity index (χ1v) is 8.06. The monoisotopic (exact) mass is 377 g/mol. The first-order valence-electron chi connectivity index (χ1n) is 6.92. The first kappa shape index (κ1) is 16.8. The van der Waals surface area contributed by atoms with Crippen LogP contribution in [0, 0.1) is 0 Å². The summed E-state index contributed by atoms with van der Waals surface area (Å²) in [7, 11) is 0.